The molecule has 4 atom stereocenters. The summed E-state index contributed by atoms with van der Waals surface area (Å²) in [5.74, 6) is -2.12. The number of nitrogens with zero attached hydrogens (tertiary/aromatic N) is 2. The number of esters is 1. The van der Waals surface area contributed by atoms with Crippen molar-refractivity contribution >= 4 is 51.8 Å². The normalized spacial score (nSPS) is 22.2. The molecule has 1 aliphatic heterocycles. The van der Waals surface area contributed by atoms with Crippen LogP contribution in [-0.4, -0.2) is 40.3 Å². The van der Waals surface area contributed by atoms with Crippen molar-refractivity contribution in [3.63, 3.8) is 0 Å². The van der Waals surface area contributed by atoms with E-state index in [1.165, 1.54) is 22.6 Å². The van der Waals surface area contributed by atoms with Crippen LogP contribution in [0, 0.1) is 23.7 Å². The second-order valence-corrected chi connectivity index (χ2v) is 11.7. The third-order valence-electron chi connectivity index (χ3n) is 8.83. The summed E-state index contributed by atoms with van der Waals surface area (Å²) in [6.45, 7) is 1.47. The number of hydrogen-bond acceptors (Lipinski definition) is 7. The molecule has 2 fully saturated rings. The standard InChI is InChI=1S/C34H25ClN2O6/c1-17-12-19-13-23(17)31-30(19)32(40)37(33(31)41)21-9-6-18(7-10-21)27-15-25(24-14-20(35)8-11-26(24)36-27)34(42)43-16-29(39)22-4-2-3-5-28(22)38/h2-12,14-15,19,23,30-31,38H,13,16H2,1H3. The number of Topliss-reactive ketones (excluding diaryl/α,β-unsaturated/α-hetero) is 1. The minimum absolute atomic E-state index is 0.0522. The van der Waals surface area contributed by atoms with E-state index in [4.69, 9.17) is 21.3 Å². The SMILES string of the molecule is CC1=CC2CC1C1C(=O)N(c3ccc(-c4cc(C(=O)OCC(=O)c5ccccc5O)c5cc(Cl)ccc5n4)cc3)C(=O)C21. The van der Waals surface area contributed by atoms with E-state index in [2.05, 4.69) is 6.08 Å². The molecule has 1 N–H and O–H groups in total. The first kappa shape index (κ1) is 27.0. The molecular weight excluding hydrogens is 568 g/mol. The second kappa shape index (κ2) is 10.2. The van der Waals surface area contributed by atoms with E-state index in [1.807, 2.05) is 6.92 Å². The van der Waals surface area contributed by atoms with Gasteiger partial charge in [0.15, 0.2) is 6.61 Å². The summed E-state index contributed by atoms with van der Waals surface area (Å²) in [5.41, 5.74) is 3.50. The Labute approximate surface area is 251 Å². The molecule has 0 radical (unpaired) electrons. The Kier molecular flexibility index (Phi) is 6.39. The predicted molar refractivity (Wildman–Crippen MR) is 160 cm³/mol. The molecule has 4 unspecified atom stereocenters. The summed E-state index contributed by atoms with van der Waals surface area (Å²) in [7, 11) is 0. The first-order valence-electron chi connectivity index (χ1n) is 14.0. The maximum atomic E-state index is 13.4. The van der Waals surface area contributed by atoms with Crippen molar-refractivity contribution < 1.29 is 29.0 Å². The number of rotatable bonds is 6. The lowest BCUT2D eigenvalue weighted by atomic mass is 9.82. The number of aromatic nitrogens is 1. The minimum atomic E-state index is -0.755. The van der Waals surface area contributed by atoms with Crippen molar-refractivity contribution in [1.29, 1.82) is 0 Å². The summed E-state index contributed by atoms with van der Waals surface area (Å²) in [6.07, 6.45) is 3.02. The molecule has 3 aliphatic rings. The molecule has 2 bridgehead atoms. The third-order valence-corrected chi connectivity index (χ3v) is 9.07. The van der Waals surface area contributed by atoms with Gasteiger partial charge in [0.05, 0.1) is 39.9 Å². The Hall–Kier alpha value is -4.82. The minimum Gasteiger partial charge on any atom is -0.507 e. The average Bonchev–Trinajstić information content (AvgIpc) is 3.65. The van der Waals surface area contributed by atoms with Crippen molar-refractivity contribution in [2.24, 2.45) is 23.7 Å². The number of halogens is 1. The molecule has 0 spiro atoms. The molecule has 43 heavy (non-hydrogen) atoms. The van der Waals surface area contributed by atoms with E-state index in [1.54, 1.807) is 60.7 Å². The molecule has 7 rings (SSSR count). The molecule has 2 aliphatic carbocycles. The number of ketones is 1. The smallest absolute Gasteiger partial charge is 0.339 e. The van der Waals surface area contributed by atoms with Crippen LogP contribution in [0.1, 0.15) is 34.1 Å². The number of aromatic hydroxyl groups is 1. The van der Waals surface area contributed by atoms with Gasteiger partial charge in [-0.05, 0) is 73.7 Å². The monoisotopic (exact) mass is 592 g/mol. The third kappa shape index (κ3) is 4.41. The van der Waals surface area contributed by atoms with Gasteiger partial charge in [-0.25, -0.2) is 9.78 Å². The molecule has 8 nitrogen and oxygen atoms in total. The van der Waals surface area contributed by atoms with Crippen LogP contribution in [0.2, 0.25) is 5.02 Å². The Balaban J connectivity index is 1.17. The number of phenolic OH excluding ortho intramolecular Hbond substituents is 1. The van der Waals surface area contributed by atoms with Crippen LogP contribution in [0.5, 0.6) is 5.75 Å². The van der Waals surface area contributed by atoms with E-state index in [-0.39, 0.29) is 52.4 Å². The number of pyridine rings is 1. The summed E-state index contributed by atoms with van der Waals surface area (Å²) in [6, 6.07) is 19.5. The number of anilines is 1. The lowest BCUT2D eigenvalue weighted by molar-refractivity contribution is -0.123. The molecule has 1 aromatic heterocycles. The van der Waals surface area contributed by atoms with Crippen molar-refractivity contribution in [3.05, 3.63) is 101 Å². The van der Waals surface area contributed by atoms with Crippen molar-refractivity contribution in [3.8, 4) is 17.0 Å². The van der Waals surface area contributed by atoms with Crippen molar-refractivity contribution in [2.45, 2.75) is 13.3 Å². The topological polar surface area (TPSA) is 114 Å². The lowest BCUT2D eigenvalue weighted by Crippen LogP contribution is -2.32. The summed E-state index contributed by atoms with van der Waals surface area (Å²) >= 11 is 6.22. The fraction of sp³-hybridized carbons (Fsp3) is 0.206. The molecule has 214 valence electrons. The van der Waals surface area contributed by atoms with Crippen LogP contribution in [0.15, 0.2) is 84.4 Å². The van der Waals surface area contributed by atoms with Gasteiger partial charge < -0.3 is 9.84 Å². The predicted octanol–water partition coefficient (Wildman–Crippen LogP) is 6.00. The number of ether oxygens (including phenoxy) is 1. The highest BCUT2D eigenvalue weighted by Gasteiger charge is 2.60. The van der Waals surface area contributed by atoms with E-state index >= 15 is 0 Å². The molecule has 1 saturated carbocycles. The van der Waals surface area contributed by atoms with Gasteiger partial charge in [-0.1, -0.05) is 47.5 Å². The second-order valence-electron chi connectivity index (χ2n) is 11.3. The number of carbonyl (C=O) groups is 4. The van der Waals surface area contributed by atoms with Gasteiger partial charge in [0.1, 0.15) is 5.75 Å². The quantitative estimate of drug-likeness (QED) is 0.126. The van der Waals surface area contributed by atoms with Crippen LogP contribution in [-0.2, 0) is 14.3 Å². The lowest BCUT2D eigenvalue weighted by Gasteiger charge is -2.19. The highest BCUT2D eigenvalue weighted by atomic mass is 35.5. The van der Waals surface area contributed by atoms with Crippen LogP contribution in [0.3, 0.4) is 0 Å². The fourth-order valence-corrected chi connectivity index (χ4v) is 6.99. The van der Waals surface area contributed by atoms with Crippen LogP contribution < -0.4 is 4.90 Å². The van der Waals surface area contributed by atoms with E-state index in [0.717, 1.165) is 6.42 Å². The first-order chi connectivity index (χ1) is 20.7. The Morgan fingerprint density at radius 3 is 2.49 bits per heavy atom. The van der Waals surface area contributed by atoms with Crippen molar-refractivity contribution in [2.75, 3.05) is 11.5 Å². The number of fused-ring (bicyclic) bond motifs is 6. The number of carbonyl (C=O) groups excluding carboxylic acids is 4. The van der Waals surface area contributed by atoms with E-state index in [0.29, 0.717) is 32.9 Å². The molecule has 4 aromatic rings. The van der Waals surface area contributed by atoms with Gasteiger partial charge >= 0.3 is 5.97 Å². The van der Waals surface area contributed by atoms with Crippen molar-refractivity contribution in [1.82, 2.24) is 4.98 Å². The van der Waals surface area contributed by atoms with Gasteiger partial charge in [-0.3, -0.25) is 19.3 Å². The molecule has 3 aromatic carbocycles. The highest BCUT2D eigenvalue weighted by Crippen LogP contribution is 2.56. The number of imide groups is 1. The molecule has 2 heterocycles. The van der Waals surface area contributed by atoms with Gasteiger partial charge in [0.25, 0.3) is 0 Å². The zero-order chi connectivity index (χ0) is 30.0. The number of para-hydroxylation sites is 1. The zero-order valence-electron chi connectivity index (χ0n) is 23.0. The summed E-state index contributed by atoms with van der Waals surface area (Å²) in [5, 5.41) is 10.8. The van der Waals surface area contributed by atoms with Crippen LogP contribution >= 0.6 is 11.6 Å². The maximum Gasteiger partial charge on any atom is 0.339 e. The summed E-state index contributed by atoms with van der Waals surface area (Å²) in [4.78, 5) is 58.5. The number of amides is 2. The largest absolute Gasteiger partial charge is 0.507 e. The van der Waals surface area contributed by atoms with E-state index in [9.17, 15) is 24.3 Å². The van der Waals surface area contributed by atoms with Gasteiger partial charge in [-0.15, -0.1) is 0 Å². The Morgan fingerprint density at radius 1 is 0.977 bits per heavy atom. The number of hydrogen-bond donors (Lipinski definition) is 1. The maximum absolute atomic E-state index is 13.4. The molecule has 2 amide bonds. The fourth-order valence-electron chi connectivity index (χ4n) is 6.82. The summed E-state index contributed by atoms with van der Waals surface area (Å²) < 4.78 is 5.36. The van der Waals surface area contributed by atoms with Gasteiger partial charge in [-0.2, -0.15) is 0 Å². The van der Waals surface area contributed by atoms with Gasteiger partial charge in [0, 0.05) is 16.0 Å². The Bertz CT molecular complexity index is 1900. The molecule has 1 saturated heterocycles. The number of allylic oxidation sites excluding steroid dienone is 2. The van der Waals surface area contributed by atoms with Crippen LogP contribution in [0.25, 0.3) is 22.2 Å². The molecular formula is C34H25ClN2O6. The Morgan fingerprint density at radius 2 is 1.72 bits per heavy atom. The van der Waals surface area contributed by atoms with Crippen LogP contribution in [0.4, 0.5) is 5.69 Å². The number of phenols is 1. The average molecular weight is 593 g/mol. The molecule has 9 heteroatoms. The van der Waals surface area contributed by atoms with Gasteiger partial charge in [0.2, 0.25) is 17.6 Å². The number of benzene rings is 3. The highest BCUT2D eigenvalue weighted by molar-refractivity contribution is 6.31. The first-order valence-corrected chi connectivity index (χ1v) is 14.3. The zero-order valence-corrected chi connectivity index (χ0v) is 23.7. The van der Waals surface area contributed by atoms with E-state index < -0.39 is 18.4 Å².